The van der Waals surface area contributed by atoms with Crippen LogP contribution >= 0.6 is 0 Å². The molecule has 24 heavy (non-hydrogen) atoms. The lowest BCUT2D eigenvalue weighted by atomic mass is 9.94. The molecule has 0 aromatic heterocycles. The fraction of sp³-hybridized carbons (Fsp3) is 0.600. The molecule has 4 nitrogen and oxygen atoms in total. The molecule has 0 amide bonds. The Hall–Kier alpha value is -1.84. The van der Waals surface area contributed by atoms with Crippen molar-refractivity contribution < 1.29 is 19.4 Å². The van der Waals surface area contributed by atoms with Gasteiger partial charge in [0, 0.05) is 12.3 Å². The molecule has 1 unspecified atom stereocenters. The predicted octanol–water partition coefficient (Wildman–Crippen LogP) is 4.92. The van der Waals surface area contributed by atoms with Crippen LogP contribution < -0.4 is 0 Å². The van der Waals surface area contributed by atoms with E-state index in [4.69, 9.17) is 4.74 Å². The first-order chi connectivity index (χ1) is 11.1. The van der Waals surface area contributed by atoms with Gasteiger partial charge in [-0.1, -0.05) is 38.0 Å². The van der Waals surface area contributed by atoms with Gasteiger partial charge in [-0.05, 0) is 46.1 Å². The number of rotatable bonds is 9. The van der Waals surface area contributed by atoms with E-state index in [0.717, 1.165) is 11.1 Å². The van der Waals surface area contributed by atoms with Crippen LogP contribution in [0.2, 0.25) is 0 Å². The summed E-state index contributed by atoms with van der Waals surface area (Å²) in [6.45, 7) is 13.4. The summed E-state index contributed by atoms with van der Waals surface area (Å²) in [4.78, 5) is 24.8. The molecule has 0 fully saturated rings. The zero-order valence-electron chi connectivity index (χ0n) is 16.1. The van der Waals surface area contributed by atoms with E-state index < -0.39 is 5.97 Å². The molecule has 136 valence electrons. The quantitative estimate of drug-likeness (QED) is 0.162. The summed E-state index contributed by atoms with van der Waals surface area (Å²) in [7, 11) is 0. The fourth-order valence-electron chi connectivity index (χ4n) is 1.96. The van der Waals surface area contributed by atoms with Crippen molar-refractivity contribution in [3.05, 3.63) is 34.6 Å². The van der Waals surface area contributed by atoms with Crippen molar-refractivity contribution in [3.8, 4) is 0 Å². The maximum Gasteiger partial charge on any atom is 0.345 e. The van der Waals surface area contributed by atoms with E-state index in [1.807, 2.05) is 47.6 Å². The Morgan fingerprint density at radius 2 is 1.54 bits per heavy atom. The predicted molar refractivity (Wildman–Crippen MR) is 97.7 cm³/mol. The molecule has 1 atom stereocenters. The van der Waals surface area contributed by atoms with Crippen molar-refractivity contribution in [2.24, 2.45) is 11.8 Å². The average molecular weight is 336 g/mol. The largest absolute Gasteiger partial charge is 0.511 e. The van der Waals surface area contributed by atoms with Crippen molar-refractivity contribution >= 4 is 11.8 Å². The molecule has 0 saturated carbocycles. The Balaban J connectivity index is 5.47. The first-order valence-corrected chi connectivity index (χ1v) is 8.46. The van der Waals surface area contributed by atoms with Crippen LogP contribution in [0.3, 0.4) is 0 Å². The summed E-state index contributed by atoms with van der Waals surface area (Å²) in [5, 5.41) is 10.5. The summed E-state index contributed by atoms with van der Waals surface area (Å²) >= 11 is 0. The highest BCUT2D eigenvalue weighted by molar-refractivity contribution is 6.17. The second-order valence-electron chi connectivity index (χ2n) is 7.08. The summed E-state index contributed by atoms with van der Waals surface area (Å²) < 4.78 is 5.15. The molecule has 0 aliphatic rings. The van der Waals surface area contributed by atoms with Crippen molar-refractivity contribution in [2.45, 2.75) is 61.3 Å². The van der Waals surface area contributed by atoms with Gasteiger partial charge >= 0.3 is 5.97 Å². The number of aliphatic hydroxyl groups excluding tert-OH is 1. The van der Waals surface area contributed by atoms with Crippen LogP contribution in [-0.4, -0.2) is 23.5 Å². The number of allylic oxidation sites excluding steroid dienone is 4. The van der Waals surface area contributed by atoms with E-state index in [9.17, 15) is 14.7 Å². The smallest absolute Gasteiger partial charge is 0.345 e. The SMILES string of the molecule is CC(C)=CCOC(=O)/C(C(=O)CC(C)C)=C(/O)C(C)CC=C(C)C. The molecule has 0 saturated heterocycles. The molecule has 0 heterocycles. The topological polar surface area (TPSA) is 63.6 Å². The highest BCUT2D eigenvalue weighted by Crippen LogP contribution is 2.21. The number of carbonyl (C=O) groups excluding carboxylic acids is 2. The molecule has 0 bridgehead atoms. The normalized spacial score (nSPS) is 13.0. The highest BCUT2D eigenvalue weighted by atomic mass is 16.5. The molecule has 0 aliphatic heterocycles. The number of carbonyl (C=O) groups is 2. The van der Waals surface area contributed by atoms with Crippen molar-refractivity contribution in [2.75, 3.05) is 6.61 Å². The van der Waals surface area contributed by atoms with Gasteiger partial charge < -0.3 is 9.84 Å². The molecular formula is C20H32O4. The van der Waals surface area contributed by atoms with Crippen molar-refractivity contribution in [1.82, 2.24) is 0 Å². The number of ether oxygens (including phenoxy) is 1. The van der Waals surface area contributed by atoms with E-state index >= 15 is 0 Å². The molecule has 0 spiro atoms. The van der Waals surface area contributed by atoms with E-state index in [1.165, 1.54) is 0 Å². The maximum atomic E-state index is 12.4. The summed E-state index contributed by atoms with van der Waals surface area (Å²) in [5.74, 6) is -1.52. The third-order valence-electron chi connectivity index (χ3n) is 3.39. The molecule has 0 radical (unpaired) electrons. The molecule has 0 rings (SSSR count). The highest BCUT2D eigenvalue weighted by Gasteiger charge is 2.27. The summed E-state index contributed by atoms with van der Waals surface area (Å²) in [6.07, 6.45) is 4.49. The van der Waals surface area contributed by atoms with Gasteiger partial charge in [-0.25, -0.2) is 4.79 Å². The van der Waals surface area contributed by atoms with Crippen LogP contribution in [0.25, 0.3) is 0 Å². The maximum absolute atomic E-state index is 12.4. The Kier molecular flexibility index (Phi) is 10.0. The Morgan fingerprint density at radius 3 is 2.00 bits per heavy atom. The summed E-state index contributed by atoms with van der Waals surface area (Å²) in [6, 6.07) is 0. The third-order valence-corrected chi connectivity index (χ3v) is 3.39. The average Bonchev–Trinajstić information content (AvgIpc) is 2.43. The standard InChI is InChI=1S/C20H32O4/c1-13(2)8-9-16(7)19(22)18(17(21)12-15(5)6)20(23)24-11-10-14(3)4/h8,10,15-16,22H,9,11-12H2,1-7H3/b19-18+. The van der Waals surface area contributed by atoms with Crippen molar-refractivity contribution in [3.63, 3.8) is 0 Å². The van der Waals surface area contributed by atoms with E-state index in [0.29, 0.717) is 6.42 Å². The molecule has 1 N–H and O–H groups in total. The van der Waals surface area contributed by atoms with E-state index in [2.05, 4.69) is 0 Å². The number of hydrogen-bond acceptors (Lipinski definition) is 4. The lowest BCUT2D eigenvalue weighted by Crippen LogP contribution is -2.22. The fourth-order valence-corrected chi connectivity index (χ4v) is 1.96. The first-order valence-electron chi connectivity index (χ1n) is 8.46. The molecule has 0 aliphatic carbocycles. The van der Waals surface area contributed by atoms with Crippen LogP contribution in [-0.2, 0) is 14.3 Å². The van der Waals surface area contributed by atoms with Gasteiger partial charge in [0.25, 0.3) is 0 Å². The summed E-state index contributed by atoms with van der Waals surface area (Å²) in [5.41, 5.74) is 1.93. The number of hydrogen-bond donors (Lipinski definition) is 1. The van der Waals surface area contributed by atoms with Crippen molar-refractivity contribution in [1.29, 1.82) is 0 Å². The molecule has 0 aromatic rings. The monoisotopic (exact) mass is 336 g/mol. The van der Waals surface area contributed by atoms with Gasteiger partial charge in [-0.15, -0.1) is 0 Å². The minimum Gasteiger partial charge on any atom is -0.511 e. The Morgan fingerprint density at radius 1 is 1.00 bits per heavy atom. The first kappa shape index (κ1) is 22.2. The minimum atomic E-state index is -0.750. The molecule has 4 heteroatoms. The zero-order chi connectivity index (χ0) is 18.9. The van der Waals surface area contributed by atoms with Crippen LogP contribution in [0.5, 0.6) is 0 Å². The number of ketones is 1. The second-order valence-corrected chi connectivity index (χ2v) is 7.08. The lowest BCUT2D eigenvalue weighted by molar-refractivity contribution is -0.139. The van der Waals surface area contributed by atoms with E-state index in [-0.39, 0.29) is 42.0 Å². The molecular weight excluding hydrogens is 304 g/mol. The zero-order valence-corrected chi connectivity index (χ0v) is 16.1. The van der Waals surface area contributed by atoms with Gasteiger partial charge in [0.1, 0.15) is 17.9 Å². The number of esters is 1. The second kappa shape index (κ2) is 10.8. The minimum absolute atomic E-state index is 0.0925. The van der Waals surface area contributed by atoms with Gasteiger partial charge in [-0.3, -0.25) is 4.79 Å². The number of Topliss-reactive ketones (excluding diaryl/α,β-unsaturated/α-hetero) is 1. The third kappa shape index (κ3) is 8.70. The van der Waals surface area contributed by atoms with Crippen LogP contribution in [0.15, 0.2) is 34.6 Å². The van der Waals surface area contributed by atoms with Gasteiger partial charge in [0.15, 0.2) is 5.78 Å². The van der Waals surface area contributed by atoms with Gasteiger partial charge in [0.2, 0.25) is 0 Å². The Bertz CT molecular complexity index is 528. The number of aliphatic hydroxyl groups is 1. The lowest BCUT2D eigenvalue weighted by Gasteiger charge is -2.15. The Labute approximate surface area is 146 Å². The molecule has 0 aromatic carbocycles. The van der Waals surface area contributed by atoms with Crippen LogP contribution in [0.1, 0.15) is 61.3 Å². The van der Waals surface area contributed by atoms with E-state index in [1.54, 1.807) is 13.0 Å². The van der Waals surface area contributed by atoms with Crippen LogP contribution in [0.4, 0.5) is 0 Å². The van der Waals surface area contributed by atoms with Gasteiger partial charge in [0.05, 0.1) is 0 Å². The van der Waals surface area contributed by atoms with Crippen LogP contribution in [0, 0.1) is 11.8 Å². The van der Waals surface area contributed by atoms with Gasteiger partial charge in [-0.2, -0.15) is 0 Å².